The standard InChI is InChI=1S/C22H19FN2O7S/c23-18-8-6-16(7-9-18)15-2-4-17(5-3-15)22(27)24-33(30,31)19-10-11-21(32-13-1-12-26)20(14-19)25(28)29/h2-11,14,26H,1,12-13H2,(H,24,27). The number of aliphatic hydroxyl groups is 1. The molecule has 3 aromatic carbocycles. The van der Waals surface area contributed by atoms with Gasteiger partial charge in [-0.2, -0.15) is 0 Å². The number of rotatable bonds is 9. The maximum Gasteiger partial charge on any atom is 0.312 e. The predicted octanol–water partition coefficient (Wildman–Crippen LogP) is 3.28. The van der Waals surface area contributed by atoms with Crippen molar-refractivity contribution >= 4 is 21.6 Å². The lowest BCUT2D eigenvalue weighted by molar-refractivity contribution is -0.386. The van der Waals surface area contributed by atoms with Gasteiger partial charge in [-0.3, -0.25) is 14.9 Å². The molecule has 0 saturated carbocycles. The number of nitrogens with one attached hydrogen (secondary N) is 1. The highest BCUT2D eigenvalue weighted by Crippen LogP contribution is 2.30. The summed E-state index contributed by atoms with van der Waals surface area (Å²) in [5, 5.41) is 20.1. The third-order valence-electron chi connectivity index (χ3n) is 4.55. The van der Waals surface area contributed by atoms with Crippen molar-refractivity contribution in [3.8, 4) is 16.9 Å². The fourth-order valence-corrected chi connectivity index (χ4v) is 3.87. The molecule has 2 N–H and O–H groups in total. The number of ether oxygens (including phenoxy) is 1. The van der Waals surface area contributed by atoms with E-state index in [1.807, 2.05) is 4.72 Å². The van der Waals surface area contributed by atoms with Crippen LogP contribution in [0.25, 0.3) is 11.1 Å². The predicted molar refractivity (Wildman–Crippen MR) is 117 cm³/mol. The Bertz CT molecular complexity index is 1260. The van der Waals surface area contributed by atoms with Crippen molar-refractivity contribution < 1.29 is 32.4 Å². The maximum atomic E-state index is 13.1. The molecule has 3 rings (SSSR count). The molecule has 11 heteroatoms. The molecule has 0 aliphatic rings. The molecule has 33 heavy (non-hydrogen) atoms. The highest BCUT2D eigenvalue weighted by atomic mass is 32.2. The molecule has 0 saturated heterocycles. The molecule has 0 heterocycles. The average molecular weight is 474 g/mol. The van der Waals surface area contributed by atoms with E-state index in [2.05, 4.69) is 0 Å². The quantitative estimate of drug-likeness (QED) is 0.276. The fourth-order valence-electron chi connectivity index (χ4n) is 2.87. The SMILES string of the molecule is O=C(NS(=O)(=O)c1ccc(OCCCO)c([N+](=O)[O-])c1)c1ccc(-c2ccc(F)cc2)cc1. The topological polar surface area (TPSA) is 136 Å². The number of halogens is 1. The van der Waals surface area contributed by atoms with Crippen molar-refractivity contribution in [1.82, 2.24) is 4.72 Å². The summed E-state index contributed by atoms with van der Waals surface area (Å²) in [6.45, 7) is -0.161. The Morgan fingerprint density at radius 1 is 1.03 bits per heavy atom. The number of nitro groups is 1. The first-order valence-corrected chi connectivity index (χ1v) is 11.1. The molecular weight excluding hydrogens is 455 g/mol. The van der Waals surface area contributed by atoms with Crippen molar-refractivity contribution in [2.24, 2.45) is 0 Å². The van der Waals surface area contributed by atoms with Gasteiger partial charge in [0.2, 0.25) is 0 Å². The molecule has 0 aliphatic carbocycles. The van der Waals surface area contributed by atoms with E-state index < -0.39 is 31.4 Å². The van der Waals surface area contributed by atoms with Gasteiger partial charge in [0, 0.05) is 24.7 Å². The number of carbonyl (C=O) groups is 1. The first-order chi connectivity index (χ1) is 15.7. The zero-order chi connectivity index (χ0) is 24.0. The summed E-state index contributed by atoms with van der Waals surface area (Å²) in [5.74, 6) is -1.47. The number of hydrogen-bond acceptors (Lipinski definition) is 7. The third-order valence-corrected chi connectivity index (χ3v) is 5.88. The normalized spacial score (nSPS) is 11.1. The number of nitrogens with zero attached hydrogens (tertiary/aromatic N) is 1. The number of hydrogen-bond donors (Lipinski definition) is 2. The summed E-state index contributed by atoms with van der Waals surface area (Å²) in [7, 11) is -4.41. The van der Waals surface area contributed by atoms with Gasteiger partial charge in [0.05, 0.1) is 16.4 Å². The van der Waals surface area contributed by atoms with Crippen LogP contribution in [0, 0.1) is 15.9 Å². The largest absolute Gasteiger partial charge is 0.487 e. The monoisotopic (exact) mass is 474 g/mol. The van der Waals surface area contributed by atoms with Gasteiger partial charge in [0.25, 0.3) is 15.9 Å². The summed E-state index contributed by atoms with van der Waals surface area (Å²) >= 11 is 0. The van der Waals surface area contributed by atoms with E-state index in [0.29, 0.717) is 11.1 Å². The van der Waals surface area contributed by atoms with Crippen LogP contribution in [0.5, 0.6) is 5.75 Å². The highest BCUT2D eigenvalue weighted by molar-refractivity contribution is 7.90. The molecule has 0 unspecified atom stereocenters. The van der Waals surface area contributed by atoms with Crippen LogP contribution in [-0.2, 0) is 10.0 Å². The first-order valence-electron chi connectivity index (χ1n) is 9.66. The number of amides is 1. The molecule has 0 spiro atoms. The average Bonchev–Trinajstić information content (AvgIpc) is 2.79. The van der Waals surface area contributed by atoms with Gasteiger partial charge >= 0.3 is 5.69 Å². The zero-order valence-electron chi connectivity index (χ0n) is 17.1. The van der Waals surface area contributed by atoms with Crippen LogP contribution in [0.4, 0.5) is 10.1 Å². The Labute approximate surface area is 188 Å². The van der Waals surface area contributed by atoms with Gasteiger partial charge in [-0.05, 0) is 47.5 Å². The van der Waals surface area contributed by atoms with Crippen molar-refractivity contribution in [3.63, 3.8) is 0 Å². The number of aliphatic hydroxyl groups excluding tert-OH is 1. The summed E-state index contributed by atoms with van der Waals surface area (Å²) < 4.78 is 45.4. The first kappa shape index (κ1) is 23.8. The molecule has 0 radical (unpaired) electrons. The van der Waals surface area contributed by atoms with Gasteiger partial charge in [-0.15, -0.1) is 0 Å². The van der Waals surface area contributed by atoms with E-state index in [9.17, 15) is 27.7 Å². The lowest BCUT2D eigenvalue weighted by Gasteiger charge is -2.10. The molecule has 0 fully saturated rings. The Morgan fingerprint density at radius 3 is 2.21 bits per heavy atom. The highest BCUT2D eigenvalue weighted by Gasteiger charge is 2.24. The summed E-state index contributed by atoms with van der Waals surface area (Å²) in [4.78, 5) is 22.5. The van der Waals surface area contributed by atoms with Gasteiger partial charge in [-0.1, -0.05) is 24.3 Å². The molecule has 0 aliphatic heterocycles. The van der Waals surface area contributed by atoms with Gasteiger partial charge < -0.3 is 9.84 Å². The lowest BCUT2D eigenvalue weighted by Crippen LogP contribution is -2.30. The molecule has 0 bridgehead atoms. The molecule has 3 aromatic rings. The minimum Gasteiger partial charge on any atom is -0.487 e. The summed E-state index contributed by atoms with van der Waals surface area (Å²) in [6, 6.07) is 14.7. The van der Waals surface area contributed by atoms with Crippen molar-refractivity contribution in [2.45, 2.75) is 11.3 Å². The third kappa shape index (κ3) is 5.90. The van der Waals surface area contributed by atoms with Crippen LogP contribution in [0.15, 0.2) is 71.6 Å². The Hall–Kier alpha value is -3.83. The lowest BCUT2D eigenvalue weighted by atomic mass is 10.0. The minimum atomic E-state index is -4.41. The molecule has 0 atom stereocenters. The van der Waals surface area contributed by atoms with E-state index in [1.54, 1.807) is 24.3 Å². The molecule has 172 valence electrons. The number of carbonyl (C=O) groups excluding carboxylic acids is 1. The van der Waals surface area contributed by atoms with Crippen LogP contribution in [0.3, 0.4) is 0 Å². The Kier molecular flexibility index (Phi) is 7.36. The van der Waals surface area contributed by atoms with Crippen LogP contribution < -0.4 is 9.46 Å². The van der Waals surface area contributed by atoms with Gasteiger partial charge in [-0.25, -0.2) is 17.5 Å². The molecule has 9 nitrogen and oxygen atoms in total. The van der Waals surface area contributed by atoms with Crippen molar-refractivity contribution in [1.29, 1.82) is 0 Å². The Balaban J connectivity index is 1.78. The van der Waals surface area contributed by atoms with Crippen LogP contribution in [0.1, 0.15) is 16.8 Å². The van der Waals surface area contributed by atoms with Gasteiger partial charge in [0.1, 0.15) is 5.82 Å². The Morgan fingerprint density at radius 2 is 1.64 bits per heavy atom. The van der Waals surface area contributed by atoms with Crippen LogP contribution in [0.2, 0.25) is 0 Å². The number of benzene rings is 3. The summed E-state index contributed by atoms with van der Waals surface area (Å²) in [5.41, 5.74) is 0.862. The van der Waals surface area contributed by atoms with Crippen LogP contribution in [-0.4, -0.2) is 37.6 Å². The summed E-state index contributed by atoms with van der Waals surface area (Å²) in [6.07, 6.45) is 0.243. The molecule has 0 aromatic heterocycles. The van der Waals surface area contributed by atoms with E-state index in [-0.39, 0.29) is 36.8 Å². The van der Waals surface area contributed by atoms with Crippen molar-refractivity contribution in [2.75, 3.05) is 13.2 Å². The zero-order valence-corrected chi connectivity index (χ0v) is 17.9. The van der Waals surface area contributed by atoms with E-state index in [4.69, 9.17) is 9.84 Å². The fraction of sp³-hybridized carbons (Fsp3) is 0.136. The molecule has 1 amide bonds. The minimum absolute atomic E-state index is 0.00803. The smallest absolute Gasteiger partial charge is 0.312 e. The number of nitro benzene ring substituents is 1. The second kappa shape index (κ2) is 10.2. The van der Waals surface area contributed by atoms with E-state index >= 15 is 0 Å². The van der Waals surface area contributed by atoms with Crippen LogP contribution >= 0.6 is 0 Å². The maximum absolute atomic E-state index is 13.1. The molecular formula is C22H19FN2O7S. The van der Waals surface area contributed by atoms with E-state index in [0.717, 1.165) is 18.2 Å². The van der Waals surface area contributed by atoms with Gasteiger partial charge in [0.15, 0.2) is 5.75 Å². The van der Waals surface area contributed by atoms with E-state index in [1.165, 1.54) is 24.3 Å². The number of sulfonamides is 1. The second-order valence-electron chi connectivity index (χ2n) is 6.83. The second-order valence-corrected chi connectivity index (χ2v) is 8.51. The van der Waals surface area contributed by atoms with Crippen molar-refractivity contribution in [3.05, 3.63) is 88.2 Å².